The van der Waals surface area contributed by atoms with Gasteiger partial charge in [0.1, 0.15) is 5.00 Å². The van der Waals surface area contributed by atoms with E-state index in [0.717, 1.165) is 17.6 Å². The predicted octanol–water partition coefficient (Wildman–Crippen LogP) is 0.750. The van der Waals surface area contributed by atoms with Crippen molar-refractivity contribution in [1.82, 2.24) is 4.98 Å². The number of hydrogen-bond acceptors (Lipinski definition) is 5. The molecule has 0 radical (unpaired) electrons. The molecule has 0 amide bonds. The topological polar surface area (TPSA) is 85.1 Å². The summed E-state index contributed by atoms with van der Waals surface area (Å²) in [6, 6.07) is 0. The Morgan fingerprint density at radius 3 is 2.58 bits per heavy atom. The van der Waals surface area contributed by atoms with Gasteiger partial charge in [-0.2, -0.15) is 0 Å². The van der Waals surface area contributed by atoms with Crippen LogP contribution in [0.4, 0.5) is 10.1 Å². The minimum atomic E-state index is -3.30. The van der Waals surface area contributed by atoms with E-state index in [1.807, 2.05) is 0 Å². The maximum Gasteiger partial charge on any atom is 0.231 e. The summed E-state index contributed by atoms with van der Waals surface area (Å²) in [7, 11) is -3.30. The minimum absolute atomic E-state index is 0.117. The number of sulfonamides is 1. The van der Waals surface area contributed by atoms with Gasteiger partial charge in [-0.3, -0.25) is 4.72 Å². The van der Waals surface area contributed by atoms with Crippen molar-refractivity contribution in [2.24, 2.45) is 0 Å². The highest BCUT2D eigenvalue weighted by molar-refractivity contribution is 7.92. The smallest absolute Gasteiger partial charge is 0.231 e. The van der Waals surface area contributed by atoms with E-state index in [1.54, 1.807) is 0 Å². The fourth-order valence-corrected chi connectivity index (χ4v) is 2.22. The van der Waals surface area contributed by atoms with Crippen LogP contribution in [0.15, 0.2) is 0 Å². The maximum atomic E-state index is 10.7. The van der Waals surface area contributed by atoms with Crippen LogP contribution in [0.5, 0.6) is 0 Å². The summed E-state index contributed by atoms with van der Waals surface area (Å²) in [5, 5.41) is 0.592. The van der Waals surface area contributed by atoms with Crippen LogP contribution >= 0.6 is 22.9 Å². The first-order chi connectivity index (χ1) is 5.38. The molecule has 1 aromatic rings. The Morgan fingerprint density at radius 1 is 1.67 bits per heavy atom. The van der Waals surface area contributed by atoms with Crippen LogP contribution in [-0.4, -0.2) is 19.7 Å². The lowest BCUT2D eigenvalue weighted by Crippen LogP contribution is -2.08. The molecule has 1 rings (SSSR count). The van der Waals surface area contributed by atoms with Crippen LogP contribution in [0.3, 0.4) is 0 Å². The molecule has 8 heteroatoms. The van der Waals surface area contributed by atoms with E-state index < -0.39 is 10.0 Å². The van der Waals surface area contributed by atoms with E-state index >= 15 is 0 Å². The summed E-state index contributed by atoms with van der Waals surface area (Å²) in [4.78, 5) is 3.66. The average molecular weight is 228 g/mol. The van der Waals surface area contributed by atoms with E-state index in [2.05, 4.69) is 9.71 Å². The number of halogens is 1. The summed E-state index contributed by atoms with van der Waals surface area (Å²) in [6.45, 7) is 0. The van der Waals surface area contributed by atoms with Gasteiger partial charge in [-0.15, -0.1) is 0 Å². The molecule has 0 aromatic carbocycles. The fourth-order valence-electron chi connectivity index (χ4n) is 0.516. The molecule has 1 aromatic heterocycles. The first-order valence-corrected chi connectivity index (χ1v) is 5.86. The molecular weight excluding hydrogens is 222 g/mol. The van der Waals surface area contributed by atoms with Crippen molar-refractivity contribution in [3.05, 3.63) is 5.15 Å². The molecule has 0 aliphatic carbocycles. The lowest BCUT2D eigenvalue weighted by molar-refractivity contribution is 0.607. The Labute approximate surface area is 78.6 Å². The van der Waals surface area contributed by atoms with Crippen LogP contribution in [0, 0.1) is 0 Å². The SMILES string of the molecule is CS(=O)(=O)Nc1nc(Cl)c(N)s1. The van der Waals surface area contributed by atoms with Gasteiger partial charge in [0, 0.05) is 0 Å². The van der Waals surface area contributed by atoms with E-state index in [4.69, 9.17) is 17.3 Å². The molecule has 0 saturated heterocycles. The number of rotatable bonds is 2. The number of anilines is 2. The van der Waals surface area contributed by atoms with Crippen LogP contribution in [0.2, 0.25) is 5.15 Å². The second-order valence-electron chi connectivity index (χ2n) is 2.05. The number of nitrogens with zero attached hydrogens (tertiary/aromatic N) is 1. The van der Waals surface area contributed by atoms with Crippen molar-refractivity contribution in [1.29, 1.82) is 0 Å². The maximum absolute atomic E-state index is 10.7. The summed E-state index contributed by atoms with van der Waals surface area (Å²) >= 11 is 6.48. The highest BCUT2D eigenvalue weighted by Gasteiger charge is 2.09. The zero-order chi connectivity index (χ0) is 9.35. The number of nitrogens with two attached hydrogens (primary N) is 1. The second-order valence-corrected chi connectivity index (χ2v) is 5.19. The molecule has 0 saturated carbocycles. The standard InChI is InChI=1S/C4H6ClN3O2S2/c1-12(9,10)8-4-7-2(5)3(6)11-4/h6H2,1H3,(H,7,8). The quantitative estimate of drug-likeness (QED) is 0.781. The molecule has 0 bridgehead atoms. The van der Waals surface area contributed by atoms with Crippen molar-refractivity contribution in [2.45, 2.75) is 0 Å². The number of hydrogen-bond donors (Lipinski definition) is 2. The van der Waals surface area contributed by atoms with E-state index in [0.29, 0.717) is 5.00 Å². The minimum Gasteiger partial charge on any atom is -0.388 e. The number of aromatic nitrogens is 1. The van der Waals surface area contributed by atoms with Gasteiger partial charge < -0.3 is 5.73 Å². The first-order valence-electron chi connectivity index (χ1n) is 2.78. The molecule has 0 fully saturated rings. The highest BCUT2D eigenvalue weighted by atomic mass is 35.5. The number of thiazole rings is 1. The molecule has 3 N–H and O–H groups in total. The normalized spacial score (nSPS) is 11.5. The molecule has 0 aliphatic heterocycles. The summed E-state index contributed by atoms with van der Waals surface area (Å²) in [6.07, 6.45) is 1.03. The largest absolute Gasteiger partial charge is 0.388 e. The molecule has 0 unspecified atom stereocenters. The number of nitrogens with one attached hydrogen (secondary N) is 1. The summed E-state index contributed by atoms with van der Waals surface area (Å²) < 4.78 is 23.5. The Hall–Kier alpha value is -0.530. The van der Waals surface area contributed by atoms with Crippen molar-refractivity contribution in [3.8, 4) is 0 Å². The van der Waals surface area contributed by atoms with E-state index in [9.17, 15) is 8.42 Å². The van der Waals surface area contributed by atoms with Crippen LogP contribution in [-0.2, 0) is 10.0 Å². The fraction of sp³-hybridized carbons (Fsp3) is 0.250. The molecule has 12 heavy (non-hydrogen) atoms. The molecular formula is C4H6ClN3O2S2. The Balaban J connectivity index is 2.92. The van der Waals surface area contributed by atoms with Crippen LogP contribution < -0.4 is 10.5 Å². The zero-order valence-electron chi connectivity index (χ0n) is 6.04. The van der Waals surface area contributed by atoms with Gasteiger partial charge in [0.2, 0.25) is 10.0 Å². The van der Waals surface area contributed by atoms with E-state index in [1.165, 1.54) is 0 Å². The molecule has 1 heterocycles. The lowest BCUT2D eigenvalue weighted by atomic mass is 10.9. The third-order valence-electron chi connectivity index (χ3n) is 0.882. The Morgan fingerprint density at radius 2 is 2.25 bits per heavy atom. The lowest BCUT2D eigenvalue weighted by Gasteiger charge is -1.95. The van der Waals surface area contributed by atoms with Crippen LogP contribution in [0.25, 0.3) is 0 Å². The van der Waals surface area contributed by atoms with Gasteiger partial charge in [0.05, 0.1) is 6.26 Å². The van der Waals surface area contributed by atoms with Gasteiger partial charge in [0.15, 0.2) is 10.3 Å². The molecule has 0 atom stereocenters. The monoisotopic (exact) mass is 227 g/mol. The van der Waals surface area contributed by atoms with Gasteiger partial charge in [-0.25, -0.2) is 13.4 Å². The van der Waals surface area contributed by atoms with Crippen molar-refractivity contribution < 1.29 is 8.42 Å². The van der Waals surface area contributed by atoms with Gasteiger partial charge in [0.25, 0.3) is 0 Å². The van der Waals surface area contributed by atoms with Crippen LogP contribution in [0.1, 0.15) is 0 Å². The van der Waals surface area contributed by atoms with Crippen molar-refractivity contribution in [3.63, 3.8) is 0 Å². The third kappa shape index (κ3) is 2.50. The molecule has 0 spiro atoms. The molecule has 5 nitrogen and oxygen atoms in total. The average Bonchev–Trinajstić information content (AvgIpc) is 2.07. The van der Waals surface area contributed by atoms with Gasteiger partial charge in [-0.05, 0) is 0 Å². The molecule has 68 valence electrons. The van der Waals surface area contributed by atoms with Gasteiger partial charge in [-0.1, -0.05) is 22.9 Å². The Kier molecular flexibility index (Phi) is 2.45. The summed E-state index contributed by atoms with van der Waals surface area (Å²) in [5.41, 5.74) is 5.35. The predicted molar refractivity (Wildman–Crippen MR) is 50.0 cm³/mol. The Bertz CT molecular complexity index is 366. The first kappa shape index (κ1) is 9.56. The number of nitrogen functional groups attached to an aromatic ring is 1. The van der Waals surface area contributed by atoms with E-state index in [-0.39, 0.29) is 10.3 Å². The molecule has 0 aliphatic rings. The second kappa shape index (κ2) is 3.08. The highest BCUT2D eigenvalue weighted by Crippen LogP contribution is 2.29. The van der Waals surface area contributed by atoms with Crippen molar-refractivity contribution in [2.75, 3.05) is 16.7 Å². The zero-order valence-corrected chi connectivity index (χ0v) is 8.42. The third-order valence-corrected chi connectivity index (χ3v) is 2.78. The summed E-state index contributed by atoms with van der Waals surface area (Å²) in [5.74, 6) is 0. The van der Waals surface area contributed by atoms with Crippen molar-refractivity contribution >= 4 is 43.1 Å². The van der Waals surface area contributed by atoms with Gasteiger partial charge >= 0.3 is 0 Å².